The van der Waals surface area contributed by atoms with Crippen molar-refractivity contribution in [2.75, 3.05) is 6.61 Å². The Kier molecular flexibility index (Phi) is 8.51. The van der Waals surface area contributed by atoms with Crippen molar-refractivity contribution in [2.45, 2.75) is 78.7 Å². The van der Waals surface area contributed by atoms with Crippen LogP contribution in [0.3, 0.4) is 0 Å². The fourth-order valence-corrected chi connectivity index (χ4v) is 3.19. The van der Waals surface area contributed by atoms with Crippen LogP contribution in [-0.2, 0) is 19.1 Å². The van der Waals surface area contributed by atoms with Crippen molar-refractivity contribution in [3.05, 3.63) is 0 Å². The first kappa shape index (κ1) is 19.0. The van der Waals surface area contributed by atoms with Gasteiger partial charge in [-0.1, -0.05) is 53.4 Å². The first-order chi connectivity index (χ1) is 10.5. The minimum atomic E-state index is -0.836. The molecule has 0 radical (unpaired) electrons. The highest BCUT2D eigenvalue weighted by Gasteiger charge is 2.35. The number of carbonyl (C=O) groups excluding carboxylic acids is 2. The van der Waals surface area contributed by atoms with Gasteiger partial charge in [0.2, 0.25) is 0 Å². The Morgan fingerprint density at radius 3 is 2.45 bits per heavy atom. The van der Waals surface area contributed by atoms with Crippen LogP contribution in [-0.4, -0.2) is 24.6 Å². The van der Waals surface area contributed by atoms with Crippen molar-refractivity contribution in [2.24, 2.45) is 17.8 Å². The molecule has 1 fully saturated rings. The molecule has 22 heavy (non-hydrogen) atoms. The summed E-state index contributed by atoms with van der Waals surface area (Å²) in [6, 6.07) is 0. The Morgan fingerprint density at radius 1 is 1.09 bits per heavy atom. The number of unbranched alkanes of at least 4 members (excludes halogenated alkanes) is 3. The van der Waals surface area contributed by atoms with E-state index in [1.165, 1.54) is 6.42 Å². The lowest BCUT2D eigenvalue weighted by atomic mass is 9.75. The predicted molar refractivity (Wildman–Crippen MR) is 86.3 cm³/mol. The summed E-state index contributed by atoms with van der Waals surface area (Å²) in [5.41, 5.74) is 0. The smallest absolute Gasteiger partial charge is 0.417 e. The lowest BCUT2D eigenvalue weighted by Gasteiger charge is -2.36. The van der Waals surface area contributed by atoms with E-state index >= 15 is 0 Å². The predicted octanol–water partition coefficient (Wildman–Crippen LogP) is 4.11. The van der Waals surface area contributed by atoms with Crippen LogP contribution in [0.15, 0.2) is 0 Å². The van der Waals surface area contributed by atoms with Crippen LogP contribution in [0.1, 0.15) is 72.6 Å². The lowest BCUT2D eigenvalue weighted by molar-refractivity contribution is -0.175. The molecule has 128 valence electrons. The van der Waals surface area contributed by atoms with E-state index in [2.05, 4.69) is 27.7 Å². The first-order valence-corrected chi connectivity index (χ1v) is 8.83. The third-order valence-electron chi connectivity index (χ3n) is 4.62. The van der Waals surface area contributed by atoms with Crippen molar-refractivity contribution in [3.8, 4) is 0 Å². The highest BCUT2D eigenvalue weighted by Crippen LogP contribution is 2.35. The van der Waals surface area contributed by atoms with Crippen LogP contribution >= 0.6 is 0 Å². The molecular formula is C18H32O4. The molecule has 0 aromatic carbocycles. The molecule has 0 aliphatic heterocycles. The van der Waals surface area contributed by atoms with Crippen LogP contribution in [0.5, 0.6) is 0 Å². The molecule has 0 aromatic heterocycles. The number of hydrogen-bond donors (Lipinski definition) is 0. The van der Waals surface area contributed by atoms with E-state index in [-0.39, 0.29) is 6.10 Å². The molecule has 0 heterocycles. The molecule has 0 aromatic rings. The largest absolute Gasteiger partial charge is 0.457 e. The van der Waals surface area contributed by atoms with Gasteiger partial charge in [0, 0.05) is 0 Å². The zero-order valence-corrected chi connectivity index (χ0v) is 14.6. The van der Waals surface area contributed by atoms with Gasteiger partial charge in [-0.15, -0.1) is 0 Å². The quantitative estimate of drug-likeness (QED) is 0.403. The molecule has 0 spiro atoms. The van der Waals surface area contributed by atoms with Gasteiger partial charge in [-0.25, -0.2) is 9.59 Å². The van der Waals surface area contributed by atoms with Crippen LogP contribution < -0.4 is 0 Å². The second-order valence-corrected chi connectivity index (χ2v) is 6.97. The van der Waals surface area contributed by atoms with E-state index in [0.717, 1.165) is 38.5 Å². The summed E-state index contributed by atoms with van der Waals surface area (Å²) in [4.78, 5) is 23.6. The second-order valence-electron chi connectivity index (χ2n) is 6.97. The van der Waals surface area contributed by atoms with Gasteiger partial charge in [-0.2, -0.15) is 0 Å². The Morgan fingerprint density at radius 2 is 1.82 bits per heavy atom. The lowest BCUT2D eigenvalue weighted by Crippen LogP contribution is -2.37. The highest BCUT2D eigenvalue weighted by molar-refractivity contribution is 6.29. The maximum atomic E-state index is 11.9. The third-order valence-corrected chi connectivity index (χ3v) is 4.62. The van der Waals surface area contributed by atoms with Gasteiger partial charge in [-0.05, 0) is 37.0 Å². The molecule has 4 heteroatoms. The number of ether oxygens (including phenoxy) is 2. The van der Waals surface area contributed by atoms with Crippen molar-refractivity contribution >= 4 is 11.9 Å². The molecule has 0 N–H and O–H groups in total. The average molecular weight is 312 g/mol. The van der Waals surface area contributed by atoms with Crippen molar-refractivity contribution in [1.82, 2.24) is 0 Å². The van der Waals surface area contributed by atoms with Crippen molar-refractivity contribution in [3.63, 3.8) is 0 Å². The van der Waals surface area contributed by atoms with E-state index in [0.29, 0.717) is 24.4 Å². The average Bonchev–Trinajstić information content (AvgIpc) is 2.46. The highest BCUT2D eigenvalue weighted by atomic mass is 16.6. The molecule has 0 amide bonds. The zero-order chi connectivity index (χ0) is 16.5. The Hall–Kier alpha value is -1.06. The molecule has 1 aliphatic carbocycles. The number of esters is 2. The summed E-state index contributed by atoms with van der Waals surface area (Å²) in [5, 5.41) is 0. The fraction of sp³-hybridized carbons (Fsp3) is 0.889. The summed E-state index contributed by atoms with van der Waals surface area (Å²) in [7, 11) is 0. The van der Waals surface area contributed by atoms with Gasteiger partial charge in [0.05, 0.1) is 6.61 Å². The number of rotatable bonds is 7. The first-order valence-electron chi connectivity index (χ1n) is 8.83. The van der Waals surface area contributed by atoms with E-state index in [4.69, 9.17) is 9.47 Å². The van der Waals surface area contributed by atoms with Crippen LogP contribution in [0.2, 0.25) is 0 Å². The van der Waals surface area contributed by atoms with Gasteiger partial charge >= 0.3 is 11.9 Å². The molecule has 3 unspecified atom stereocenters. The summed E-state index contributed by atoms with van der Waals surface area (Å²) in [6.07, 6.45) is 7.00. The van der Waals surface area contributed by atoms with Gasteiger partial charge in [0.15, 0.2) is 0 Å². The molecule has 3 atom stereocenters. The van der Waals surface area contributed by atoms with E-state index in [1.54, 1.807) is 0 Å². The molecular weight excluding hydrogens is 280 g/mol. The molecule has 0 bridgehead atoms. The summed E-state index contributed by atoms with van der Waals surface area (Å²) >= 11 is 0. The Labute approximate surface area is 134 Å². The Balaban J connectivity index is 2.39. The van der Waals surface area contributed by atoms with Crippen LogP contribution in [0.4, 0.5) is 0 Å². The zero-order valence-electron chi connectivity index (χ0n) is 14.6. The maximum absolute atomic E-state index is 11.9. The fourth-order valence-electron chi connectivity index (χ4n) is 3.19. The van der Waals surface area contributed by atoms with Crippen molar-refractivity contribution < 1.29 is 19.1 Å². The van der Waals surface area contributed by atoms with Gasteiger partial charge < -0.3 is 9.47 Å². The van der Waals surface area contributed by atoms with Crippen LogP contribution in [0.25, 0.3) is 0 Å². The Bertz CT molecular complexity index is 351. The molecule has 1 saturated carbocycles. The topological polar surface area (TPSA) is 52.6 Å². The summed E-state index contributed by atoms with van der Waals surface area (Å²) in [6.45, 7) is 8.90. The van der Waals surface area contributed by atoms with E-state index < -0.39 is 11.9 Å². The molecule has 0 saturated heterocycles. The SMILES string of the molecule is CCCCCCOC(=O)C(=O)OC1CC(C)CCC1C(C)C. The summed E-state index contributed by atoms with van der Waals surface area (Å²) in [5.74, 6) is -0.316. The normalized spacial score (nSPS) is 25.0. The van der Waals surface area contributed by atoms with Gasteiger partial charge in [0.1, 0.15) is 6.10 Å². The standard InChI is InChI=1S/C18H32O4/c1-5-6-7-8-11-21-17(19)18(20)22-16-12-14(4)9-10-15(16)13(2)3/h13-16H,5-12H2,1-4H3. The maximum Gasteiger partial charge on any atom is 0.417 e. The van der Waals surface area contributed by atoms with E-state index in [1.807, 2.05) is 0 Å². The van der Waals surface area contributed by atoms with Gasteiger partial charge in [0.25, 0.3) is 0 Å². The number of hydrogen-bond acceptors (Lipinski definition) is 4. The minimum Gasteiger partial charge on any atom is -0.457 e. The molecule has 1 aliphatic rings. The third kappa shape index (κ3) is 6.37. The van der Waals surface area contributed by atoms with Gasteiger partial charge in [-0.3, -0.25) is 0 Å². The monoisotopic (exact) mass is 312 g/mol. The second kappa shape index (κ2) is 9.86. The number of carbonyl (C=O) groups is 2. The van der Waals surface area contributed by atoms with E-state index in [9.17, 15) is 9.59 Å². The molecule has 1 rings (SSSR count). The van der Waals surface area contributed by atoms with Crippen molar-refractivity contribution in [1.29, 1.82) is 0 Å². The van der Waals surface area contributed by atoms with Crippen LogP contribution in [0, 0.1) is 17.8 Å². The summed E-state index contributed by atoms with van der Waals surface area (Å²) < 4.78 is 10.5. The molecule has 4 nitrogen and oxygen atoms in total. The minimum absolute atomic E-state index is 0.149.